The highest BCUT2D eigenvalue weighted by molar-refractivity contribution is 5.43. The van der Waals surface area contributed by atoms with Crippen molar-refractivity contribution in [3.05, 3.63) is 6.07 Å². The van der Waals surface area contributed by atoms with E-state index in [1.807, 2.05) is 0 Å². The summed E-state index contributed by atoms with van der Waals surface area (Å²) in [5, 5.41) is 3.27. The number of nitrogens with two attached hydrogens (primary N) is 1. The van der Waals surface area contributed by atoms with Gasteiger partial charge in [-0.2, -0.15) is 9.97 Å². The van der Waals surface area contributed by atoms with Crippen LogP contribution < -0.4 is 15.8 Å². The Morgan fingerprint density at radius 2 is 2.25 bits per heavy atom. The third-order valence-electron chi connectivity index (χ3n) is 3.18. The van der Waals surface area contributed by atoms with Crippen LogP contribution in [0.25, 0.3) is 0 Å². The molecule has 0 aromatic carbocycles. The van der Waals surface area contributed by atoms with Gasteiger partial charge in [0.1, 0.15) is 5.82 Å². The predicted octanol–water partition coefficient (Wildman–Crippen LogP) is 1.53. The van der Waals surface area contributed by atoms with Gasteiger partial charge < -0.3 is 15.8 Å². The molecule has 1 saturated carbocycles. The van der Waals surface area contributed by atoms with Crippen LogP contribution in [0.15, 0.2) is 6.07 Å². The third-order valence-corrected chi connectivity index (χ3v) is 3.18. The average Bonchev–Trinajstić information content (AvgIpc) is 2.83. The van der Waals surface area contributed by atoms with Gasteiger partial charge in [-0.25, -0.2) is 0 Å². The zero-order valence-corrected chi connectivity index (χ0v) is 9.95. The largest absolute Gasteiger partial charge is 0.481 e. The van der Waals surface area contributed by atoms with Crippen LogP contribution in [0.2, 0.25) is 0 Å². The lowest BCUT2D eigenvalue weighted by Crippen LogP contribution is -2.10. The van der Waals surface area contributed by atoms with E-state index in [4.69, 9.17) is 10.5 Å². The Kier molecular flexibility index (Phi) is 2.61. The topological polar surface area (TPSA) is 73.1 Å². The van der Waals surface area contributed by atoms with Crippen LogP contribution >= 0.6 is 0 Å². The highest BCUT2D eigenvalue weighted by Crippen LogP contribution is 2.51. The quantitative estimate of drug-likeness (QED) is 0.808. The average molecular weight is 222 g/mol. The molecule has 1 atom stereocenters. The molecule has 1 unspecified atom stereocenters. The number of ether oxygens (including phenoxy) is 1. The van der Waals surface area contributed by atoms with Gasteiger partial charge in [0.05, 0.1) is 7.11 Å². The standard InChI is InChI=1S/C11H18N4O/c1-11(2)5-7(11)6-13-8-4-9(16-3)15-10(12)14-8/h4,7H,5-6H2,1-3H3,(H3,12,13,14,15). The van der Waals surface area contributed by atoms with Crippen LogP contribution in [-0.2, 0) is 0 Å². The lowest BCUT2D eigenvalue weighted by Gasteiger charge is -2.08. The molecular weight excluding hydrogens is 204 g/mol. The Bertz CT molecular complexity index is 392. The molecule has 1 aromatic heterocycles. The first-order valence-corrected chi connectivity index (χ1v) is 5.44. The molecule has 0 radical (unpaired) electrons. The van der Waals surface area contributed by atoms with Gasteiger partial charge in [-0.05, 0) is 17.8 Å². The number of hydrogen-bond acceptors (Lipinski definition) is 5. The molecule has 1 fully saturated rings. The second-order valence-electron chi connectivity index (χ2n) is 4.92. The van der Waals surface area contributed by atoms with E-state index in [9.17, 15) is 0 Å². The van der Waals surface area contributed by atoms with E-state index < -0.39 is 0 Å². The summed E-state index contributed by atoms with van der Waals surface area (Å²) in [4.78, 5) is 8.03. The van der Waals surface area contributed by atoms with E-state index in [1.54, 1.807) is 13.2 Å². The molecule has 1 aromatic rings. The number of nitrogens with one attached hydrogen (secondary N) is 1. The molecule has 0 spiro atoms. The molecule has 0 amide bonds. The maximum atomic E-state index is 5.57. The van der Waals surface area contributed by atoms with Gasteiger partial charge in [0.15, 0.2) is 0 Å². The van der Waals surface area contributed by atoms with E-state index >= 15 is 0 Å². The maximum absolute atomic E-state index is 5.57. The Morgan fingerprint density at radius 3 is 2.81 bits per heavy atom. The van der Waals surface area contributed by atoms with Crippen molar-refractivity contribution in [3.8, 4) is 5.88 Å². The van der Waals surface area contributed by atoms with E-state index in [0.717, 1.165) is 18.3 Å². The molecular formula is C11H18N4O. The van der Waals surface area contributed by atoms with Crippen LogP contribution in [0, 0.1) is 11.3 Å². The summed E-state index contributed by atoms with van der Waals surface area (Å²) in [5.41, 5.74) is 6.04. The molecule has 5 heteroatoms. The fourth-order valence-electron chi connectivity index (χ4n) is 1.79. The molecule has 0 aliphatic heterocycles. The van der Waals surface area contributed by atoms with Crippen LogP contribution in [0.4, 0.5) is 11.8 Å². The first-order valence-electron chi connectivity index (χ1n) is 5.44. The van der Waals surface area contributed by atoms with Crippen molar-refractivity contribution in [2.75, 3.05) is 24.7 Å². The highest BCUT2D eigenvalue weighted by atomic mass is 16.5. The van der Waals surface area contributed by atoms with Gasteiger partial charge >= 0.3 is 0 Å². The Hall–Kier alpha value is -1.52. The Labute approximate surface area is 95.4 Å². The molecule has 88 valence electrons. The first-order chi connectivity index (χ1) is 7.51. The minimum absolute atomic E-state index is 0.233. The minimum Gasteiger partial charge on any atom is -0.481 e. The van der Waals surface area contributed by atoms with Crippen LogP contribution in [-0.4, -0.2) is 23.6 Å². The van der Waals surface area contributed by atoms with Crippen molar-refractivity contribution in [2.24, 2.45) is 11.3 Å². The number of methoxy groups -OCH3 is 1. The summed E-state index contributed by atoms with van der Waals surface area (Å²) >= 11 is 0. The fraction of sp³-hybridized carbons (Fsp3) is 0.636. The van der Waals surface area contributed by atoms with Gasteiger partial charge in [0, 0.05) is 12.6 Å². The molecule has 1 heterocycles. The molecule has 3 N–H and O–H groups in total. The Morgan fingerprint density at radius 1 is 1.56 bits per heavy atom. The monoisotopic (exact) mass is 222 g/mol. The second kappa shape index (κ2) is 3.81. The molecule has 1 aliphatic rings. The highest BCUT2D eigenvalue weighted by Gasteiger charge is 2.44. The molecule has 16 heavy (non-hydrogen) atoms. The molecule has 0 bridgehead atoms. The van der Waals surface area contributed by atoms with Gasteiger partial charge in [0.2, 0.25) is 11.8 Å². The molecule has 2 rings (SSSR count). The number of rotatable bonds is 4. The summed E-state index contributed by atoms with van der Waals surface area (Å²) in [6.45, 7) is 5.47. The van der Waals surface area contributed by atoms with Crippen LogP contribution in [0.5, 0.6) is 5.88 Å². The van der Waals surface area contributed by atoms with Gasteiger partial charge in [0.25, 0.3) is 0 Å². The van der Waals surface area contributed by atoms with Crippen molar-refractivity contribution < 1.29 is 4.74 Å². The van der Waals surface area contributed by atoms with E-state index in [2.05, 4.69) is 29.1 Å². The van der Waals surface area contributed by atoms with Gasteiger partial charge in [-0.15, -0.1) is 0 Å². The van der Waals surface area contributed by atoms with Crippen LogP contribution in [0.3, 0.4) is 0 Å². The number of hydrogen-bond donors (Lipinski definition) is 2. The molecule has 1 aliphatic carbocycles. The number of nitrogen functional groups attached to an aromatic ring is 1. The second-order valence-corrected chi connectivity index (χ2v) is 4.92. The third kappa shape index (κ3) is 2.35. The zero-order valence-electron chi connectivity index (χ0n) is 9.95. The maximum Gasteiger partial charge on any atom is 0.225 e. The summed E-state index contributed by atoms with van der Waals surface area (Å²) < 4.78 is 5.03. The number of nitrogens with zero attached hydrogens (tertiary/aromatic N) is 2. The number of aromatic nitrogens is 2. The first kappa shape index (κ1) is 11.0. The minimum atomic E-state index is 0.233. The van der Waals surface area contributed by atoms with Gasteiger partial charge in [-0.3, -0.25) is 0 Å². The van der Waals surface area contributed by atoms with Crippen molar-refractivity contribution in [1.29, 1.82) is 0 Å². The summed E-state index contributed by atoms with van der Waals surface area (Å²) in [5.74, 6) is 2.17. The van der Waals surface area contributed by atoms with Gasteiger partial charge in [-0.1, -0.05) is 13.8 Å². The SMILES string of the molecule is COc1cc(NCC2CC2(C)C)nc(N)n1. The fourth-order valence-corrected chi connectivity index (χ4v) is 1.79. The molecule has 5 nitrogen and oxygen atoms in total. The lowest BCUT2D eigenvalue weighted by molar-refractivity contribution is 0.398. The van der Waals surface area contributed by atoms with E-state index in [-0.39, 0.29) is 5.95 Å². The summed E-state index contributed by atoms with van der Waals surface area (Å²) in [6, 6.07) is 1.76. The lowest BCUT2D eigenvalue weighted by atomic mass is 10.1. The summed E-state index contributed by atoms with van der Waals surface area (Å²) in [7, 11) is 1.57. The van der Waals surface area contributed by atoms with Crippen LogP contribution in [0.1, 0.15) is 20.3 Å². The number of anilines is 2. The van der Waals surface area contributed by atoms with E-state index in [0.29, 0.717) is 11.3 Å². The zero-order chi connectivity index (χ0) is 11.8. The summed E-state index contributed by atoms with van der Waals surface area (Å²) in [6.07, 6.45) is 1.26. The normalized spacial score (nSPS) is 21.6. The predicted molar refractivity (Wildman–Crippen MR) is 63.4 cm³/mol. The van der Waals surface area contributed by atoms with Crippen molar-refractivity contribution >= 4 is 11.8 Å². The smallest absolute Gasteiger partial charge is 0.225 e. The van der Waals surface area contributed by atoms with E-state index in [1.165, 1.54) is 6.42 Å². The van der Waals surface area contributed by atoms with Crippen molar-refractivity contribution in [3.63, 3.8) is 0 Å². The Balaban J connectivity index is 1.96. The van der Waals surface area contributed by atoms with Crippen molar-refractivity contribution in [1.82, 2.24) is 9.97 Å². The van der Waals surface area contributed by atoms with Crippen molar-refractivity contribution in [2.45, 2.75) is 20.3 Å². The molecule has 0 saturated heterocycles.